The Hall–Kier alpha value is -4.72. The monoisotopic (exact) mass is 554 g/mol. The zero-order valence-corrected chi connectivity index (χ0v) is 23.9. The van der Waals surface area contributed by atoms with Gasteiger partial charge in [-0.2, -0.15) is 0 Å². The molecule has 8 heteroatoms. The minimum atomic E-state index is -0.760. The van der Waals surface area contributed by atoms with E-state index in [2.05, 4.69) is 18.8 Å². The molecule has 5 rings (SSSR count). The highest BCUT2D eigenvalue weighted by Gasteiger charge is 2.46. The van der Waals surface area contributed by atoms with Crippen molar-refractivity contribution >= 4 is 28.4 Å². The number of ether oxygens (including phenoxy) is 3. The first-order valence-electron chi connectivity index (χ1n) is 13.5. The second-order valence-corrected chi connectivity index (χ2v) is 10.4. The van der Waals surface area contributed by atoms with E-state index in [1.807, 2.05) is 48.7 Å². The van der Waals surface area contributed by atoms with Crippen molar-refractivity contribution in [2.24, 2.45) is 0 Å². The number of aliphatic hydroxyl groups is 1. The Balaban J connectivity index is 1.57. The Morgan fingerprint density at radius 2 is 1.66 bits per heavy atom. The highest BCUT2D eigenvalue weighted by Crippen LogP contribution is 2.41. The molecule has 3 aromatic carbocycles. The molecule has 2 heterocycles. The molecule has 1 aliphatic heterocycles. The minimum absolute atomic E-state index is 0.0418. The van der Waals surface area contributed by atoms with Crippen LogP contribution < -0.4 is 14.2 Å². The maximum absolute atomic E-state index is 13.5. The summed E-state index contributed by atoms with van der Waals surface area (Å²) in [7, 11) is 4.64. The van der Waals surface area contributed by atoms with Crippen molar-refractivity contribution in [3.63, 3.8) is 0 Å². The summed E-state index contributed by atoms with van der Waals surface area (Å²) in [6, 6.07) is 17.8. The number of hydrogen-bond acceptors (Lipinski definition) is 6. The van der Waals surface area contributed by atoms with Crippen molar-refractivity contribution in [3.8, 4) is 17.2 Å². The number of nitrogens with one attached hydrogen (secondary N) is 1. The first-order valence-corrected chi connectivity index (χ1v) is 13.5. The summed E-state index contributed by atoms with van der Waals surface area (Å²) in [6.07, 6.45) is 2.41. The third-order valence-corrected chi connectivity index (χ3v) is 7.71. The first kappa shape index (κ1) is 27.8. The Bertz CT molecular complexity index is 1630. The molecular weight excluding hydrogens is 520 g/mol. The van der Waals surface area contributed by atoms with E-state index >= 15 is 0 Å². The van der Waals surface area contributed by atoms with E-state index in [0.29, 0.717) is 29.4 Å². The number of aromatic nitrogens is 1. The van der Waals surface area contributed by atoms with Crippen LogP contribution in [0.2, 0.25) is 0 Å². The molecule has 8 nitrogen and oxygen atoms in total. The number of amides is 1. The van der Waals surface area contributed by atoms with Gasteiger partial charge in [0.15, 0.2) is 11.5 Å². The Labute approximate surface area is 239 Å². The quantitative estimate of drug-likeness (QED) is 0.150. The minimum Gasteiger partial charge on any atom is -0.507 e. The number of hydrogen-bond donors (Lipinski definition) is 2. The lowest BCUT2D eigenvalue weighted by atomic mass is 9.93. The van der Waals surface area contributed by atoms with Gasteiger partial charge in [-0.15, -0.1) is 0 Å². The molecule has 1 atom stereocenters. The zero-order chi connectivity index (χ0) is 29.3. The molecule has 1 aromatic heterocycles. The number of benzene rings is 3. The van der Waals surface area contributed by atoms with Crippen molar-refractivity contribution < 1.29 is 28.9 Å². The van der Waals surface area contributed by atoms with Gasteiger partial charge in [-0.25, -0.2) is 0 Å². The zero-order valence-electron chi connectivity index (χ0n) is 23.9. The molecule has 0 radical (unpaired) electrons. The van der Waals surface area contributed by atoms with Gasteiger partial charge in [0.2, 0.25) is 0 Å². The smallest absolute Gasteiger partial charge is 0.295 e. The van der Waals surface area contributed by atoms with Crippen LogP contribution in [0, 0.1) is 0 Å². The van der Waals surface area contributed by atoms with E-state index in [4.69, 9.17) is 14.2 Å². The predicted octanol–water partition coefficient (Wildman–Crippen LogP) is 5.98. The lowest BCUT2D eigenvalue weighted by Gasteiger charge is -2.26. The van der Waals surface area contributed by atoms with Gasteiger partial charge in [-0.1, -0.05) is 38.1 Å². The number of rotatable bonds is 9. The van der Waals surface area contributed by atoms with Gasteiger partial charge in [0, 0.05) is 29.2 Å². The number of ketones is 1. The van der Waals surface area contributed by atoms with Crippen LogP contribution in [0.1, 0.15) is 48.1 Å². The lowest BCUT2D eigenvalue weighted by molar-refractivity contribution is -0.139. The fourth-order valence-electron chi connectivity index (χ4n) is 5.39. The van der Waals surface area contributed by atoms with E-state index in [0.717, 1.165) is 33.3 Å². The fourth-order valence-corrected chi connectivity index (χ4v) is 5.39. The molecule has 1 saturated heterocycles. The summed E-state index contributed by atoms with van der Waals surface area (Å²) >= 11 is 0. The van der Waals surface area contributed by atoms with Crippen molar-refractivity contribution in [2.75, 3.05) is 27.9 Å². The Morgan fingerprint density at radius 1 is 0.927 bits per heavy atom. The predicted molar refractivity (Wildman–Crippen MR) is 158 cm³/mol. The molecule has 0 saturated carbocycles. The van der Waals surface area contributed by atoms with Crippen LogP contribution in [0.4, 0.5) is 0 Å². The third-order valence-electron chi connectivity index (χ3n) is 7.71. The molecule has 41 heavy (non-hydrogen) atoms. The summed E-state index contributed by atoms with van der Waals surface area (Å²) in [5.41, 5.74) is 4.23. The number of carbonyl (C=O) groups is 2. The molecule has 0 spiro atoms. The summed E-state index contributed by atoms with van der Waals surface area (Å²) in [5.74, 6) is 0.304. The second kappa shape index (κ2) is 11.4. The number of likely N-dealkylation sites (tertiary alicyclic amines) is 1. The molecule has 4 aromatic rings. The van der Waals surface area contributed by atoms with Crippen molar-refractivity contribution in [1.82, 2.24) is 9.88 Å². The van der Waals surface area contributed by atoms with Gasteiger partial charge in [-0.05, 0) is 65.4 Å². The van der Waals surface area contributed by atoms with Crippen molar-refractivity contribution in [2.45, 2.75) is 32.2 Å². The highest BCUT2D eigenvalue weighted by molar-refractivity contribution is 6.46. The fraction of sp³-hybridized carbons (Fsp3) is 0.273. The van der Waals surface area contributed by atoms with Crippen LogP contribution in [0.5, 0.6) is 17.2 Å². The maximum atomic E-state index is 13.5. The van der Waals surface area contributed by atoms with Gasteiger partial charge in [0.1, 0.15) is 11.5 Å². The normalized spacial score (nSPS) is 16.5. The average molecular weight is 555 g/mol. The van der Waals surface area contributed by atoms with Crippen LogP contribution in [0.3, 0.4) is 0 Å². The van der Waals surface area contributed by atoms with Crippen LogP contribution in [0.15, 0.2) is 72.4 Å². The van der Waals surface area contributed by atoms with E-state index in [9.17, 15) is 14.7 Å². The maximum Gasteiger partial charge on any atom is 0.295 e. The summed E-state index contributed by atoms with van der Waals surface area (Å²) in [6.45, 7) is 4.48. The van der Waals surface area contributed by atoms with Crippen molar-refractivity contribution in [1.29, 1.82) is 0 Å². The van der Waals surface area contributed by atoms with Crippen molar-refractivity contribution in [3.05, 3.63) is 94.7 Å². The third kappa shape index (κ3) is 5.13. The number of carbonyl (C=O) groups excluding carboxylic acids is 2. The summed E-state index contributed by atoms with van der Waals surface area (Å²) in [5, 5.41) is 12.5. The number of H-pyrrole nitrogens is 1. The van der Waals surface area contributed by atoms with Crippen LogP contribution in [-0.2, 0) is 16.0 Å². The number of aliphatic hydroxyl groups excluding tert-OH is 1. The average Bonchev–Trinajstić information content (AvgIpc) is 3.52. The Kier molecular flexibility index (Phi) is 7.75. The van der Waals surface area contributed by atoms with E-state index in [-0.39, 0.29) is 17.9 Å². The van der Waals surface area contributed by atoms with Gasteiger partial charge >= 0.3 is 0 Å². The van der Waals surface area contributed by atoms with Gasteiger partial charge in [0.25, 0.3) is 11.7 Å². The van der Waals surface area contributed by atoms with E-state index in [1.54, 1.807) is 30.2 Å². The number of methoxy groups -OCH3 is 3. The number of Topliss-reactive ketones (excluding diaryl/α,β-unsaturated/α-hetero) is 1. The largest absolute Gasteiger partial charge is 0.507 e. The molecule has 212 valence electrons. The standard InChI is InChI=1S/C33H34N2O6/c1-19(2)20-6-8-21(9-7-20)30-29(31(36)22-10-13-27(40-4)28(16-22)41-5)32(37)33(38)35(30)15-14-23-18-34-26-12-11-24(39-3)17-25(23)26/h6-13,16-19,30,34,36H,14-15H2,1-5H3/t30-/m1/s1. The summed E-state index contributed by atoms with van der Waals surface area (Å²) in [4.78, 5) is 31.9. The molecule has 0 bridgehead atoms. The van der Waals surface area contributed by atoms with Gasteiger partial charge in [0.05, 0.1) is 32.9 Å². The summed E-state index contributed by atoms with van der Waals surface area (Å²) < 4.78 is 16.1. The molecule has 1 aliphatic rings. The second-order valence-electron chi connectivity index (χ2n) is 10.4. The van der Waals surface area contributed by atoms with Gasteiger partial charge < -0.3 is 29.2 Å². The number of fused-ring (bicyclic) bond motifs is 1. The molecule has 0 unspecified atom stereocenters. The molecule has 0 aliphatic carbocycles. The lowest BCUT2D eigenvalue weighted by Crippen LogP contribution is -2.31. The molecule has 1 fully saturated rings. The number of aromatic amines is 1. The van der Waals surface area contributed by atoms with Crippen LogP contribution in [-0.4, -0.2) is 54.6 Å². The van der Waals surface area contributed by atoms with Crippen LogP contribution >= 0.6 is 0 Å². The van der Waals surface area contributed by atoms with E-state index in [1.165, 1.54) is 14.2 Å². The molecule has 1 amide bonds. The molecule has 2 N–H and O–H groups in total. The SMILES string of the molecule is COc1ccc2[nH]cc(CCN3C(=O)C(=O)C(=C(O)c4ccc(OC)c(OC)c4)[C@H]3c3ccc(C(C)C)cc3)c2c1. The van der Waals surface area contributed by atoms with Gasteiger partial charge in [-0.3, -0.25) is 9.59 Å². The van der Waals surface area contributed by atoms with E-state index < -0.39 is 17.7 Å². The topological polar surface area (TPSA) is 101 Å². The highest BCUT2D eigenvalue weighted by atomic mass is 16.5. The van der Waals surface area contributed by atoms with Crippen LogP contribution in [0.25, 0.3) is 16.7 Å². The first-order chi connectivity index (χ1) is 19.8. The molecular formula is C33H34N2O6. The number of nitrogens with zero attached hydrogens (tertiary/aromatic N) is 1. The Morgan fingerprint density at radius 3 is 2.32 bits per heavy atom.